The molecule has 0 aliphatic carbocycles. The van der Waals surface area contributed by atoms with Crippen molar-refractivity contribution in [3.8, 4) is 0 Å². The third-order valence-corrected chi connectivity index (χ3v) is 7.25. The van der Waals surface area contributed by atoms with Crippen LogP contribution in [0.4, 0.5) is 4.79 Å². The second-order valence-corrected chi connectivity index (χ2v) is 11.7. The summed E-state index contributed by atoms with van der Waals surface area (Å²) in [4.78, 5) is 54.1. The molecule has 3 unspecified atom stereocenters. The van der Waals surface area contributed by atoms with Gasteiger partial charge < -0.3 is 35.9 Å². The molecule has 0 radical (unpaired) electrons. The van der Waals surface area contributed by atoms with E-state index in [1.807, 2.05) is 52.0 Å². The number of rotatable bonds is 14. The number of amides is 3. The third kappa shape index (κ3) is 10.1. The Balaban J connectivity index is 2.29. The highest BCUT2D eigenvalue weighted by Crippen LogP contribution is 2.21. The van der Waals surface area contributed by atoms with Crippen LogP contribution in [-0.4, -0.2) is 68.9 Å². The first-order valence-electron chi connectivity index (χ1n) is 14.2. The molecule has 11 heteroatoms. The Kier molecular flexibility index (Phi) is 12.2. The van der Waals surface area contributed by atoms with Crippen LogP contribution < -0.4 is 16.0 Å². The van der Waals surface area contributed by atoms with Gasteiger partial charge in [-0.3, -0.25) is 14.4 Å². The summed E-state index contributed by atoms with van der Waals surface area (Å²) in [6, 6.07) is 4.66. The van der Waals surface area contributed by atoms with Gasteiger partial charge in [0.2, 0.25) is 11.8 Å². The third-order valence-electron chi connectivity index (χ3n) is 7.25. The SMILES string of the molecule is CCC(C)[C@H](NC(=O)OC(C)(C)C)C(=O)N[C@H](C(=O)N[C@@H](Cc1c[nH]c2ccccc12)C(O)CC(=O)O)C(C)CC. The van der Waals surface area contributed by atoms with Crippen LogP contribution in [-0.2, 0) is 25.5 Å². The zero-order chi connectivity index (χ0) is 30.9. The van der Waals surface area contributed by atoms with E-state index in [4.69, 9.17) is 4.74 Å². The molecule has 0 aliphatic rings. The van der Waals surface area contributed by atoms with Crippen molar-refractivity contribution in [2.24, 2.45) is 11.8 Å². The summed E-state index contributed by atoms with van der Waals surface area (Å²) >= 11 is 0. The number of hydrogen-bond acceptors (Lipinski definition) is 6. The minimum Gasteiger partial charge on any atom is -0.481 e. The Morgan fingerprint density at radius 1 is 0.927 bits per heavy atom. The van der Waals surface area contributed by atoms with Crippen molar-refractivity contribution in [2.75, 3.05) is 0 Å². The van der Waals surface area contributed by atoms with E-state index in [1.54, 1.807) is 27.0 Å². The molecule has 0 saturated carbocycles. The number of hydrogen-bond donors (Lipinski definition) is 6. The lowest BCUT2D eigenvalue weighted by Gasteiger charge is -2.31. The van der Waals surface area contributed by atoms with Gasteiger partial charge in [-0.05, 0) is 50.7 Å². The summed E-state index contributed by atoms with van der Waals surface area (Å²) in [6.45, 7) is 12.6. The Labute approximate surface area is 241 Å². The van der Waals surface area contributed by atoms with Gasteiger partial charge in [-0.2, -0.15) is 0 Å². The van der Waals surface area contributed by atoms with Crippen LogP contribution in [0.2, 0.25) is 0 Å². The number of aliphatic carboxylic acids is 1. The lowest BCUT2D eigenvalue weighted by molar-refractivity contribution is -0.140. The Bertz CT molecular complexity index is 1190. The second-order valence-electron chi connectivity index (χ2n) is 11.7. The Hall–Kier alpha value is -3.60. The van der Waals surface area contributed by atoms with E-state index in [0.717, 1.165) is 16.5 Å². The van der Waals surface area contributed by atoms with Crippen LogP contribution in [0.1, 0.15) is 73.3 Å². The average molecular weight is 575 g/mol. The zero-order valence-corrected chi connectivity index (χ0v) is 25.1. The lowest BCUT2D eigenvalue weighted by Crippen LogP contribution is -2.59. The predicted octanol–water partition coefficient (Wildman–Crippen LogP) is 3.50. The highest BCUT2D eigenvalue weighted by atomic mass is 16.6. The molecule has 6 atom stereocenters. The van der Waals surface area contributed by atoms with E-state index in [0.29, 0.717) is 12.8 Å². The molecule has 1 heterocycles. The molecule has 2 aromatic rings. The number of H-pyrrole nitrogens is 1. The molecule has 41 heavy (non-hydrogen) atoms. The molecule has 0 fully saturated rings. The number of aliphatic hydroxyl groups excluding tert-OH is 1. The van der Waals surface area contributed by atoms with Gasteiger partial charge in [0.1, 0.15) is 17.7 Å². The van der Waals surface area contributed by atoms with Crippen molar-refractivity contribution in [2.45, 2.75) is 104 Å². The van der Waals surface area contributed by atoms with Crippen LogP contribution in [0, 0.1) is 11.8 Å². The van der Waals surface area contributed by atoms with E-state index in [-0.39, 0.29) is 18.3 Å². The van der Waals surface area contributed by atoms with Crippen LogP contribution in [0.3, 0.4) is 0 Å². The van der Waals surface area contributed by atoms with Crippen molar-refractivity contribution < 1.29 is 34.1 Å². The van der Waals surface area contributed by atoms with Gasteiger partial charge in [0.05, 0.1) is 18.6 Å². The van der Waals surface area contributed by atoms with E-state index in [1.165, 1.54) is 0 Å². The highest BCUT2D eigenvalue weighted by Gasteiger charge is 2.35. The van der Waals surface area contributed by atoms with Crippen molar-refractivity contribution >= 4 is 34.8 Å². The fourth-order valence-electron chi connectivity index (χ4n) is 4.50. The van der Waals surface area contributed by atoms with Crippen LogP contribution in [0.5, 0.6) is 0 Å². The first-order chi connectivity index (χ1) is 19.2. The van der Waals surface area contributed by atoms with E-state index in [2.05, 4.69) is 20.9 Å². The maximum atomic E-state index is 13.6. The first kappa shape index (κ1) is 33.6. The molecule has 1 aromatic heterocycles. The Morgan fingerprint density at radius 2 is 1.49 bits per heavy atom. The number of aliphatic hydroxyl groups is 1. The van der Waals surface area contributed by atoms with Gasteiger partial charge in [-0.25, -0.2) is 4.79 Å². The van der Waals surface area contributed by atoms with Crippen LogP contribution in [0.25, 0.3) is 10.9 Å². The molecular weight excluding hydrogens is 528 g/mol. The number of aromatic nitrogens is 1. The summed E-state index contributed by atoms with van der Waals surface area (Å²) in [5, 5.41) is 29.2. The zero-order valence-electron chi connectivity index (χ0n) is 25.1. The molecule has 3 amide bonds. The number of benzene rings is 1. The summed E-state index contributed by atoms with van der Waals surface area (Å²) in [7, 11) is 0. The molecule has 0 bridgehead atoms. The predicted molar refractivity (Wildman–Crippen MR) is 156 cm³/mol. The fourth-order valence-corrected chi connectivity index (χ4v) is 4.50. The summed E-state index contributed by atoms with van der Waals surface area (Å²) in [6.07, 6.45) is 0.395. The van der Waals surface area contributed by atoms with Gasteiger partial charge in [0, 0.05) is 17.1 Å². The number of nitrogens with one attached hydrogen (secondary N) is 4. The van der Waals surface area contributed by atoms with Gasteiger partial charge in [0.25, 0.3) is 0 Å². The molecule has 6 N–H and O–H groups in total. The lowest BCUT2D eigenvalue weighted by atomic mass is 9.93. The standard InChI is InChI=1S/C30H46N4O7/c1-8-17(3)25(33-28(39)26(18(4)9-2)34-29(40)41-30(5,6)7)27(38)32-22(23(35)15-24(36)37)14-19-16-31-21-13-11-10-12-20(19)21/h10-13,16-18,22-23,25-26,31,35H,8-9,14-15H2,1-7H3,(H,32,38)(H,33,39)(H,34,40)(H,36,37)/t17?,18?,22-,23?,25-,26-/m0/s1. The molecular formula is C30H46N4O7. The molecule has 0 aliphatic heterocycles. The quantitative estimate of drug-likeness (QED) is 0.201. The number of alkyl carbamates (subject to hydrolysis) is 1. The molecule has 0 spiro atoms. The normalized spacial score (nSPS) is 16.1. The fraction of sp³-hybridized carbons (Fsp3) is 0.600. The summed E-state index contributed by atoms with van der Waals surface area (Å²) in [5.74, 6) is -2.85. The molecule has 228 valence electrons. The number of carboxylic acid groups (broad SMARTS) is 1. The number of aromatic amines is 1. The minimum atomic E-state index is -1.37. The van der Waals surface area contributed by atoms with Crippen molar-refractivity contribution in [3.63, 3.8) is 0 Å². The van der Waals surface area contributed by atoms with Crippen molar-refractivity contribution in [1.82, 2.24) is 20.9 Å². The summed E-state index contributed by atoms with van der Waals surface area (Å²) < 4.78 is 5.34. The van der Waals surface area contributed by atoms with Gasteiger partial charge in [-0.1, -0.05) is 58.7 Å². The molecule has 2 rings (SSSR count). The van der Waals surface area contributed by atoms with Crippen LogP contribution in [0.15, 0.2) is 30.5 Å². The number of carbonyl (C=O) groups is 4. The number of carbonyl (C=O) groups excluding carboxylic acids is 3. The minimum absolute atomic E-state index is 0.168. The number of fused-ring (bicyclic) bond motifs is 1. The van der Waals surface area contributed by atoms with E-state index in [9.17, 15) is 29.4 Å². The highest BCUT2D eigenvalue weighted by molar-refractivity contribution is 5.92. The second kappa shape index (κ2) is 14.9. The average Bonchev–Trinajstić information content (AvgIpc) is 3.30. The molecule has 0 saturated heterocycles. The van der Waals surface area contributed by atoms with Crippen LogP contribution >= 0.6 is 0 Å². The largest absolute Gasteiger partial charge is 0.481 e. The monoisotopic (exact) mass is 574 g/mol. The smallest absolute Gasteiger partial charge is 0.408 e. The Morgan fingerprint density at radius 3 is 2.05 bits per heavy atom. The summed E-state index contributed by atoms with van der Waals surface area (Å²) in [5.41, 5.74) is 0.924. The topological polar surface area (TPSA) is 170 Å². The van der Waals surface area contributed by atoms with E-state index < -0.39 is 60.1 Å². The molecule has 1 aromatic carbocycles. The number of para-hydroxylation sites is 1. The molecule has 11 nitrogen and oxygen atoms in total. The van der Waals surface area contributed by atoms with Gasteiger partial charge in [0.15, 0.2) is 0 Å². The van der Waals surface area contributed by atoms with Gasteiger partial charge in [-0.15, -0.1) is 0 Å². The van der Waals surface area contributed by atoms with Crippen molar-refractivity contribution in [3.05, 3.63) is 36.0 Å². The number of carboxylic acids is 1. The maximum absolute atomic E-state index is 13.6. The van der Waals surface area contributed by atoms with Gasteiger partial charge >= 0.3 is 12.1 Å². The maximum Gasteiger partial charge on any atom is 0.408 e. The van der Waals surface area contributed by atoms with Crippen molar-refractivity contribution in [1.29, 1.82) is 0 Å². The van der Waals surface area contributed by atoms with E-state index >= 15 is 0 Å². The first-order valence-corrected chi connectivity index (χ1v) is 14.2. The number of ether oxygens (including phenoxy) is 1.